The fourth-order valence-corrected chi connectivity index (χ4v) is 9.17. The van der Waals surface area contributed by atoms with E-state index < -0.39 is 5.60 Å². The van der Waals surface area contributed by atoms with Gasteiger partial charge in [0.25, 0.3) is 0 Å². The second-order valence-electron chi connectivity index (χ2n) is 12.8. The summed E-state index contributed by atoms with van der Waals surface area (Å²) in [7, 11) is 0. The summed E-state index contributed by atoms with van der Waals surface area (Å²) in [5.41, 5.74) is 1.16. The lowest BCUT2D eigenvalue weighted by Gasteiger charge is -2.63. The van der Waals surface area contributed by atoms with Crippen LogP contribution in [-0.4, -0.2) is 26.3 Å². The van der Waals surface area contributed by atoms with Gasteiger partial charge in [0, 0.05) is 12.1 Å². The maximum atomic E-state index is 13.4. The number of aromatic nitrogens is 2. The van der Waals surface area contributed by atoms with Crippen molar-refractivity contribution in [1.82, 2.24) is 9.78 Å². The molecule has 0 aliphatic heterocycles. The normalized spacial score (nSPS) is 49.2. The van der Waals surface area contributed by atoms with Gasteiger partial charge in [-0.3, -0.25) is 9.48 Å². The van der Waals surface area contributed by atoms with Gasteiger partial charge in [-0.1, -0.05) is 20.8 Å². The highest BCUT2D eigenvalue weighted by Gasteiger charge is 2.63. The van der Waals surface area contributed by atoms with Crippen LogP contribution in [0.4, 0.5) is 0 Å². The van der Waals surface area contributed by atoms with Crippen LogP contribution in [0.15, 0.2) is 12.4 Å². The van der Waals surface area contributed by atoms with E-state index >= 15 is 0 Å². The van der Waals surface area contributed by atoms with Crippen LogP contribution in [0.1, 0.15) is 84.6 Å². The summed E-state index contributed by atoms with van der Waals surface area (Å²) in [5, 5.41) is 15.1. The maximum Gasteiger partial charge on any atom is 0.157 e. The van der Waals surface area contributed by atoms with Crippen LogP contribution in [0.25, 0.3) is 0 Å². The van der Waals surface area contributed by atoms with Crippen LogP contribution in [0.3, 0.4) is 0 Å². The number of carbonyl (C=O) groups excluding carboxylic acids is 1. The summed E-state index contributed by atoms with van der Waals surface area (Å²) in [6.45, 7) is 12.0. The number of carbonyl (C=O) groups is 1. The molecule has 31 heavy (non-hydrogen) atoms. The van der Waals surface area contributed by atoms with Crippen LogP contribution in [-0.2, 0) is 11.3 Å². The zero-order valence-corrected chi connectivity index (χ0v) is 20.2. The SMILES string of the molecule is Cc1cnn(CC(=O)[C@H]2CC[C@H]3[C@@H]4[C@@H](C)C[C@H]5C[C@](C)(O)CC[C@]5(C)[C@H]4CC[C@]23C)c1. The van der Waals surface area contributed by atoms with Crippen LogP contribution >= 0.6 is 0 Å². The molecular formula is C27H42N2O2. The summed E-state index contributed by atoms with van der Waals surface area (Å²) in [6.07, 6.45) is 12.9. The van der Waals surface area contributed by atoms with Gasteiger partial charge in [-0.15, -0.1) is 0 Å². The standard InChI is InChI=1S/C27H42N2O2/c1-17-14-28-29(15-17)16-23(30)20-6-7-21-24-18(2)12-19-13-25(3,31)10-11-26(19,4)22(24)8-9-27(20,21)5/h14-15,18-22,24,31H,6-13,16H2,1-5H3/t18-,19-,20+,21-,22-,24-,25+,26-,27+/m0/s1. The molecule has 1 N–H and O–H groups in total. The number of rotatable bonds is 3. The first-order valence-electron chi connectivity index (χ1n) is 12.8. The quantitative estimate of drug-likeness (QED) is 0.702. The number of aliphatic hydroxyl groups is 1. The molecule has 0 amide bonds. The van der Waals surface area contributed by atoms with E-state index in [9.17, 15) is 9.90 Å². The van der Waals surface area contributed by atoms with Crippen LogP contribution in [0, 0.1) is 53.3 Å². The number of aryl methyl sites for hydroxylation is 1. The Morgan fingerprint density at radius 3 is 2.58 bits per heavy atom. The first-order chi connectivity index (χ1) is 14.5. The third-order valence-electron chi connectivity index (χ3n) is 10.8. The molecule has 9 atom stereocenters. The Bertz CT molecular complexity index is 859. The maximum absolute atomic E-state index is 13.4. The zero-order valence-electron chi connectivity index (χ0n) is 20.2. The fraction of sp³-hybridized carbons (Fsp3) is 0.852. The molecule has 0 aromatic carbocycles. The summed E-state index contributed by atoms with van der Waals surface area (Å²) in [6, 6.07) is 0. The molecule has 1 aromatic heterocycles. The zero-order chi connectivity index (χ0) is 22.2. The molecule has 172 valence electrons. The first-order valence-corrected chi connectivity index (χ1v) is 12.8. The van der Waals surface area contributed by atoms with Gasteiger partial charge in [0.05, 0.1) is 18.3 Å². The van der Waals surface area contributed by atoms with E-state index in [-0.39, 0.29) is 11.3 Å². The minimum Gasteiger partial charge on any atom is -0.390 e. The van der Waals surface area contributed by atoms with Gasteiger partial charge in [-0.05, 0) is 111 Å². The van der Waals surface area contributed by atoms with E-state index in [2.05, 4.69) is 32.8 Å². The van der Waals surface area contributed by atoms with E-state index in [4.69, 9.17) is 0 Å². The molecule has 4 heteroatoms. The first kappa shape index (κ1) is 21.7. The highest BCUT2D eigenvalue weighted by atomic mass is 16.3. The average molecular weight is 427 g/mol. The largest absolute Gasteiger partial charge is 0.390 e. The number of nitrogens with zero attached hydrogens (tertiary/aromatic N) is 2. The summed E-state index contributed by atoms with van der Waals surface area (Å²) < 4.78 is 1.84. The van der Waals surface area contributed by atoms with Crippen molar-refractivity contribution in [3.63, 3.8) is 0 Å². The van der Waals surface area contributed by atoms with Crippen LogP contribution in [0.5, 0.6) is 0 Å². The second kappa shape index (κ2) is 7.17. The van der Waals surface area contributed by atoms with Crippen molar-refractivity contribution in [3.05, 3.63) is 18.0 Å². The monoisotopic (exact) mass is 426 g/mol. The summed E-state index contributed by atoms with van der Waals surface area (Å²) in [4.78, 5) is 13.4. The van der Waals surface area contributed by atoms with E-state index in [1.165, 1.54) is 32.1 Å². The lowest BCUT2D eigenvalue weighted by atomic mass is 9.42. The van der Waals surface area contributed by atoms with Crippen molar-refractivity contribution in [1.29, 1.82) is 0 Å². The van der Waals surface area contributed by atoms with Crippen molar-refractivity contribution >= 4 is 5.78 Å². The molecule has 0 radical (unpaired) electrons. The molecule has 1 heterocycles. The van der Waals surface area contributed by atoms with Crippen molar-refractivity contribution < 1.29 is 9.90 Å². The van der Waals surface area contributed by atoms with Crippen molar-refractivity contribution in [2.75, 3.05) is 0 Å². The fourth-order valence-electron chi connectivity index (χ4n) is 9.17. The Balaban J connectivity index is 1.38. The molecule has 4 fully saturated rings. The van der Waals surface area contributed by atoms with Gasteiger partial charge < -0.3 is 5.11 Å². The molecule has 0 spiro atoms. The third-order valence-corrected chi connectivity index (χ3v) is 10.8. The Morgan fingerprint density at radius 1 is 1.13 bits per heavy atom. The van der Waals surface area contributed by atoms with E-state index in [0.29, 0.717) is 35.5 Å². The number of hydrogen-bond acceptors (Lipinski definition) is 3. The molecule has 5 rings (SSSR count). The molecule has 1 aromatic rings. The predicted octanol–water partition coefficient (Wildman–Crippen LogP) is 5.42. The Kier molecular flexibility index (Phi) is 5.01. The highest BCUT2D eigenvalue weighted by molar-refractivity contribution is 5.82. The van der Waals surface area contributed by atoms with E-state index in [1.807, 2.05) is 24.0 Å². The summed E-state index contributed by atoms with van der Waals surface area (Å²) >= 11 is 0. The van der Waals surface area contributed by atoms with Crippen molar-refractivity contribution in [2.24, 2.45) is 46.3 Å². The minimum absolute atomic E-state index is 0.151. The number of Topliss-reactive ketones (excluding diaryl/α,β-unsaturated/α-hetero) is 1. The smallest absolute Gasteiger partial charge is 0.157 e. The van der Waals surface area contributed by atoms with Crippen molar-refractivity contribution in [2.45, 2.75) is 98.1 Å². The molecule has 0 saturated heterocycles. The molecule has 4 nitrogen and oxygen atoms in total. The van der Waals surface area contributed by atoms with Gasteiger partial charge in [0.15, 0.2) is 5.78 Å². The number of ketones is 1. The second-order valence-corrected chi connectivity index (χ2v) is 12.8. The molecule has 0 bridgehead atoms. The Hall–Kier alpha value is -1.16. The molecule has 4 aliphatic rings. The highest BCUT2D eigenvalue weighted by Crippen LogP contribution is 2.69. The van der Waals surface area contributed by atoms with Gasteiger partial charge in [0.1, 0.15) is 0 Å². The van der Waals surface area contributed by atoms with Gasteiger partial charge >= 0.3 is 0 Å². The van der Waals surface area contributed by atoms with Gasteiger partial charge in [0.2, 0.25) is 0 Å². The Labute approximate surface area is 188 Å². The third kappa shape index (κ3) is 3.34. The number of hydrogen-bond donors (Lipinski definition) is 1. The minimum atomic E-state index is -0.477. The Morgan fingerprint density at radius 2 is 1.87 bits per heavy atom. The van der Waals surface area contributed by atoms with Crippen LogP contribution in [0.2, 0.25) is 0 Å². The van der Waals surface area contributed by atoms with Crippen LogP contribution < -0.4 is 0 Å². The van der Waals surface area contributed by atoms with E-state index in [1.54, 1.807) is 0 Å². The lowest BCUT2D eigenvalue weighted by Crippen LogP contribution is -2.58. The topological polar surface area (TPSA) is 55.1 Å². The molecular weight excluding hydrogens is 384 g/mol. The number of fused-ring (bicyclic) bond motifs is 5. The molecule has 4 saturated carbocycles. The molecule has 0 unspecified atom stereocenters. The molecule has 4 aliphatic carbocycles. The predicted molar refractivity (Wildman–Crippen MR) is 122 cm³/mol. The average Bonchev–Trinajstić information content (AvgIpc) is 3.25. The summed E-state index contributed by atoms with van der Waals surface area (Å²) in [5.74, 6) is 4.11. The van der Waals surface area contributed by atoms with Gasteiger partial charge in [-0.2, -0.15) is 5.10 Å². The lowest BCUT2D eigenvalue weighted by molar-refractivity contribution is -0.166. The van der Waals surface area contributed by atoms with E-state index in [0.717, 1.165) is 36.7 Å². The van der Waals surface area contributed by atoms with Gasteiger partial charge in [-0.25, -0.2) is 0 Å². The van der Waals surface area contributed by atoms with Crippen molar-refractivity contribution in [3.8, 4) is 0 Å².